The zero-order valence-corrected chi connectivity index (χ0v) is 8.71. The molecule has 0 N–H and O–H groups in total. The van der Waals surface area contributed by atoms with E-state index in [2.05, 4.69) is 4.90 Å². The number of ether oxygens (including phenoxy) is 2. The van der Waals surface area contributed by atoms with E-state index in [9.17, 15) is 0 Å². The van der Waals surface area contributed by atoms with Crippen LogP contribution in [0.3, 0.4) is 0 Å². The average molecular weight is 197 g/mol. The van der Waals surface area contributed by atoms with Crippen LogP contribution in [0.5, 0.6) is 0 Å². The zero-order valence-electron chi connectivity index (χ0n) is 8.71. The number of nitrogens with zero attached hydrogens (tertiary/aromatic N) is 1. The average Bonchev–Trinajstić information content (AvgIpc) is 2.88. The van der Waals surface area contributed by atoms with Crippen molar-refractivity contribution in [2.45, 2.75) is 31.5 Å². The number of hydrogen-bond donors (Lipinski definition) is 0. The second kappa shape index (κ2) is 3.47. The maximum atomic E-state index is 5.75. The predicted molar refractivity (Wildman–Crippen MR) is 53.0 cm³/mol. The summed E-state index contributed by atoms with van der Waals surface area (Å²) in [5, 5.41) is 0. The summed E-state index contributed by atoms with van der Waals surface area (Å²) >= 11 is 0. The molecule has 14 heavy (non-hydrogen) atoms. The van der Waals surface area contributed by atoms with Crippen LogP contribution in [0.4, 0.5) is 0 Å². The predicted octanol–water partition coefficient (Wildman–Crippen LogP) is 1.24. The van der Waals surface area contributed by atoms with Crippen molar-refractivity contribution in [2.24, 2.45) is 5.92 Å². The summed E-state index contributed by atoms with van der Waals surface area (Å²) in [6.07, 6.45) is 5.19. The van der Waals surface area contributed by atoms with Crippen LogP contribution in [0.1, 0.15) is 25.7 Å². The van der Waals surface area contributed by atoms with Crippen molar-refractivity contribution in [3.8, 4) is 0 Å². The molecule has 0 aromatic heterocycles. The Morgan fingerprint density at radius 3 is 2.71 bits per heavy atom. The summed E-state index contributed by atoms with van der Waals surface area (Å²) in [5.41, 5.74) is 0. The standard InChI is InChI=1S/C11H19NO2/c1-4-11(13-6-7-14-11)9-12(5-1)8-10-2-3-10/h10H,1-9H2. The molecule has 1 aliphatic carbocycles. The highest BCUT2D eigenvalue weighted by atomic mass is 16.7. The third kappa shape index (κ3) is 1.81. The summed E-state index contributed by atoms with van der Waals surface area (Å²) < 4.78 is 11.5. The lowest BCUT2D eigenvalue weighted by Gasteiger charge is -2.38. The first-order chi connectivity index (χ1) is 6.86. The maximum Gasteiger partial charge on any atom is 0.181 e. The lowest BCUT2D eigenvalue weighted by atomic mass is 10.0. The van der Waals surface area contributed by atoms with Gasteiger partial charge >= 0.3 is 0 Å². The quantitative estimate of drug-likeness (QED) is 0.664. The Morgan fingerprint density at radius 1 is 1.21 bits per heavy atom. The van der Waals surface area contributed by atoms with Gasteiger partial charge in [-0.15, -0.1) is 0 Å². The molecule has 1 saturated carbocycles. The molecule has 3 aliphatic rings. The Bertz CT molecular complexity index is 209. The van der Waals surface area contributed by atoms with Gasteiger partial charge in [0.2, 0.25) is 0 Å². The van der Waals surface area contributed by atoms with Gasteiger partial charge in [0.15, 0.2) is 5.79 Å². The van der Waals surface area contributed by atoms with Gasteiger partial charge in [-0.2, -0.15) is 0 Å². The van der Waals surface area contributed by atoms with Crippen LogP contribution in [-0.2, 0) is 9.47 Å². The highest BCUT2D eigenvalue weighted by Gasteiger charge is 2.41. The molecule has 3 heteroatoms. The van der Waals surface area contributed by atoms with E-state index in [1.807, 2.05) is 0 Å². The van der Waals surface area contributed by atoms with Gasteiger partial charge in [0.05, 0.1) is 19.8 Å². The molecule has 2 heterocycles. The first-order valence-electron chi connectivity index (χ1n) is 5.87. The van der Waals surface area contributed by atoms with Gasteiger partial charge in [-0.1, -0.05) is 0 Å². The molecule has 0 unspecified atom stereocenters. The first kappa shape index (κ1) is 9.13. The normalized spacial score (nSPS) is 32.6. The van der Waals surface area contributed by atoms with E-state index < -0.39 is 0 Å². The third-order valence-corrected chi connectivity index (χ3v) is 3.52. The van der Waals surface area contributed by atoms with Crippen LogP contribution in [-0.4, -0.2) is 43.5 Å². The molecule has 2 saturated heterocycles. The lowest BCUT2D eigenvalue weighted by molar-refractivity contribution is -0.189. The van der Waals surface area contributed by atoms with Crippen LogP contribution >= 0.6 is 0 Å². The minimum Gasteiger partial charge on any atom is -0.346 e. The number of piperidine rings is 1. The van der Waals surface area contributed by atoms with Crippen molar-refractivity contribution in [3.63, 3.8) is 0 Å². The summed E-state index contributed by atoms with van der Waals surface area (Å²) in [5.74, 6) is 0.763. The summed E-state index contributed by atoms with van der Waals surface area (Å²) in [6, 6.07) is 0. The second-order valence-electron chi connectivity index (χ2n) is 4.89. The number of likely N-dealkylation sites (tertiary alicyclic amines) is 1. The number of hydrogen-bond acceptors (Lipinski definition) is 3. The van der Waals surface area contributed by atoms with Crippen LogP contribution in [0.25, 0.3) is 0 Å². The Kier molecular flexibility index (Phi) is 2.26. The highest BCUT2D eigenvalue weighted by molar-refractivity contribution is 4.86. The van der Waals surface area contributed by atoms with Crippen LogP contribution < -0.4 is 0 Å². The first-order valence-corrected chi connectivity index (χ1v) is 5.87. The fourth-order valence-electron chi connectivity index (χ4n) is 2.62. The summed E-state index contributed by atoms with van der Waals surface area (Å²) in [6.45, 7) is 5.09. The van der Waals surface area contributed by atoms with Crippen molar-refractivity contribution < 1.29 is 9.47 Å². The Labute approximate surface area is 85.4 Å². The molecule has 0 amide bonds. The SMILES string of the molecule is C1CN(CC2CC2)CC2(C1)OCCO2. The van der Waals surface area contributed by atoms with Crippen molar-refractivity contribution in [1.29, 1.82) is 0 Å². The van der Waals surface area contributed by atoms with E-state index in [4.69, 9.17) is 9.47 Å². The molecule has 1 spiro atoms. The zero-order chi connectivity index (χ0) is 9.43. The van der Waals surface area contributed by atoms with E-state index in [0.717, 1.165) is 32.1 Å². The van der Waals surface area contributed by atoms with Gasteiger partial charge in [-0.3, -0.25) is 4.90 Å². The molecular weight excluding hydrogens is 178 g/mol. The van der Waals surface area contributed by atoms with Crippen molar-refractivity contribution in [1.82, 2.24) is 4.90 Å². The molecule has 80 valence electrons. The molecule has 0 atom stereocenters. The Balaban J connectivity index is 1.59. The summed E-state index contributed by atoms with van der Waals surface area (Å²) in [7, 11) is 0. The third-order valence-electron chi connectivity index (χ3n) is 3.52. The van der Waals surface area contributed by atoms with Gasteiger partial charge in [0.1, 0.15) is 0 Å². The van der Waals surface area contributed by atoms with E-state index in [1.165, 1.54) is 32.4 Å². The maximum absolute atomic E-state index is 5.75. The minimum absolute atomic E-state index is 0.215. The highest BCUT2D eigenvalue weighted by Crippen LogP contribution is 2.34. The van der Waals surface area contributed by atoms with Crippen molar-refractivity contribution >= 4 is 0 Å². The largest absolute Gasteiger partial charge is 0.346 e. The Hall–Kier alpha value is -0.120. The molecule has 0 aromatic carbocycles. The van der Waals surface area contributed by atoms with Gasteiger partial charge in [0, 0.05) is 13.0 Å². The van der Waals surface area contributed by atoms with Gasteiger partial charge < -0.3 is 9.47 Å². The molecule has 3 nitrogen and oxygen atoms in total. The smallest absolute Gasteiger partial charge is 0.181 e. The summed E-state index contributed by atoms with van der Waals surface area (Å²) in [4.78, 5) is 2.53. The van der Waals surface area contributed by atoms with Gasteiger partial charge in [-0.05, 0) is 31.7 Å². The molecular formula is C11H19NO2. The second-order valence-corrected chi connectivity index (χ2v) is 4.89. The number of rotatable bonds is 2. The molecule has 0 radical (unpaired) electrons. The van der Waals surface area contributed by atoms with Crippen LogP contribution in [0.2, 0.25) is 0 Å². The van der Waals surface area contributed by atoms with Crippen molar-refractivity contribution in [3.05, 3.63) is 0 Å². The van der Waals surface area contributed by atoms with E-state index in [1.54, 1.807) is 0 Å². The Morgan fingerprint density at radius 2 is 2.00 bits per heavy atom. The monoisotopic (exact) mass is 197 g/mol. The molecule has 0 aromatic rings. The van der Waals surface area contributed by atoms with Crippen LogP contribution in [0.15, 0.2) is 0 Å². The fourth-order valence-corrected chi connectivity index (χ4v) is 2.62. The van der Waals surface area contributed by atoms with Gasteiger partial charge in [0.25, 0.3) is 0 Å². The van der Waals surface area contributed by atoms with E-state index in [-0.39, 0.29) is 5.79 Å². The fraction of sp³-hybridized carbons (Fsp3) is 1.00. The molecule has 3 fully saturated rings. The van der Waals surface area contributed by atoms with Gasteiger partial charge in [-0.25, -0.2) is 0 Å². The molecule has 2 aliphatic heterocycles. The lowest BCUT2D eigenvalue weighted by Crippen LogP contribution is -2.49. The van der Waals surface area contributed by atoms with Crippen LogP contribution in [0, 0.1) is 5.92 Å². The van der Waals surface area contributed by atoms with E-state index in [0.29, 0.717) is 0 Å². The van der Waals surface area contributed by atoms with Crippen molar-refractivity contribution in [2.75, 3.05) is 32.8 Å². The minimum atomic E-state index is -0.215. The van der Waals surface area contributed by atoms with E-state index >= 15 is 0 Å². The molecule has 0 bridgehead atoms. The molecule has 3 rings (SSSR count). The topological polar surface area (TPSA) is 21.7 Å².